The number of likely N-dealkylation sites (N-methyl/N-ethyl adjacent to an activating group) is 1. The number of ether oxygens (including phenoxy) is 1. The first-order chi connectivity index (χ1) is 8.71. The van der Waals surface area contributed by atoms with Crippen LogP contribution in [0.3, 0.4) is 0 Å². The zero-order valence-corrected chi connectivity index (χ0v) is 11.5. The van der Waals surface area contributed by atoms with Gasteiger partial charge in [0.05, 0.1) is 12.1 Å². The summed E-state index contributed by atoms with van der Waals surface area (Å²) < 4.78 is 43.5. The molecular formula is C11H11BrF3NO3. The maximum absolute atomic E-state index is 12.7. The van der Waals surface area contributed by atoms with Gasteiger partial charge in [0.25, 0.3) is 0 Å². The summed E-state index contributed by atoms with van der Waals surface area (Å²) in [6, 6.07) is 3.52. The maximum Gasteiger partial charge on any atom is 0.420 e. The van der Waals surface area contributed by atoms with Crippen LogP contribution < -0.4 is 4.74 Å². The smallest absolute Gasteiger partial charge is 0.420 e. The van der Waals surface area contributed by atoms with Crippen LogP contribution in [0.25, 0.3) is 0 Å². The maximum atomic E-state index is 12.7. The Morgan fingerprint density at radius 2 is 2.11 bits per heavy atom. The molecule has 0 unspecified atom stereocenters. The molecule has 0 heterocycles. The first-order valence-corrected chi connectivity index (χ1v) is 5.94. The van der Waals surface area contributed by atoms with Crippen LogP contribution in [0.1, 0.15) is 5.56 Å². The first-order valence-electron chi connectivity index (χ1n) is 5.15. The highest BCUT2D eigenvalue weighted by molar-refractivity contribution is 9.10. The normalized spacial score (nSPS) is 11.2. The molecule has 0 aliphatic rings. The van der Waals surface area contributed by atoms with Gasteiger partial charge in [-0.15, -0.1) is 0 Å². The molecule has 1 amide bonds. The molecule has 19 heavy (non-hydrogen) atoms. The van der Waals surface area contributed by atoms with E-state index >= 15 is 0 Å². The van der Waals surface area contributed by atoms with Crippen molar-refractivity contribution < 1.29 is 27.8 Å². The van der Waals surface area contributed by atoms with Crippen LogP contribution in [0.2, 0.25) is 0 Å². The van der Waals surface area contributed by atoms with Crippen molar-refractivity contribution in [1.82, 2.24) is 4.90 Å². The van der Waals surface area contributed by atoms with Crippen LogP contribution in [0.5, 0.6) is 5.75 Å². The van der Waals surface area contributed by atoms with Gasteiger partial charge in [0.1, 0.15) is 12.4 Å². The number of hydrogen-bond donors (Lipinski definition) is 1. The lowest BCUT2D eigenvalue weighted by Gasteiger charge is -2.16. The molecule has 0 aliphatic heterocycles. The summed E-state index contributed by atoms with van der Waals surface area (Å²) in [5, 5.41) is 8.58. The summed E-state index contributed by atoms with van der Waals surface area (Å²) in [6.07, 6.45) is -5.70. The standard InChI is InChI=1S/C11H11BrF3NO3/c1-16(10(17)18)4-5-19-9-3-2-7(12)6-8(9)11(13,14)15/h2-3,6H,4-5H2,1H3,(H,17,18). The van der Waals surface area contributed by atoms with Gasteiger partial charge in [-0.1, -0.05) is 15.9 Å². The molecule has 0 spiro atoms. The topological polar surface area (TPSA) is 49.8 Å². The number of hydrogen-bond acceptors (Lipinski definition) is 2. The molecule has 1 N–H and O–H groups in total. The molecular weight excluding hydrogens is 331 g/mol. The molecule has 106 valence electrons. The van der Waals surface area contributed by atoms with Crippen molar-refractivity contribution in [2.24, 2.45) is 0 Å². The Morgan fingerprint density at radius 1 is 1.47 bits per heavy atom. The lowest BCUT2D eigenvalue weighted by molar-refractivity contribution is -0.139. The Balaban J connectivity index is 2.76. The molecule has 0 aromatic heterocycles. The molecule has 0 atom stereocenters. The molecule has 0 saturated heterocycles. The van der Waals surface area contributed by atoms with E-state index in [0.717, 1.165) is 11.0 Å². The monoisotopic (exact) mass is 341 g/mol. The number of nitrogens with zero attached hydrogens (tertiary/aromatic N) is 1. The number of rotatable bonds is 4. The van der Waals surface area contributed by atoms with E-state index in [1.165, 1.54) is 19.2 Å². The van der Waals surface area contributed by atoms with Crippen molar-refractivity contribution >= 4 is 22.0 Å². The molecule has 0 aliphatic carbocycles. The quantitative estimate of drug-likeness (QED) is 0.912. The summed E-state index contributed by atoms with van der Waals surface area (Å²) >= 11 is 2.96. The zero-order valence-electron chi connectivity index (χ0n) is 9.87. The molecule has 1 aromatic carbocycles. The average molecular weight is 342 g/mol. The number of amides is 1. The summed E-state index contributed by atoms with van der Waals surface area (Å²) in [5.74, 6) is -0.325. The summed E-state index contributed by atoms with van der Waals surface area (Å²) in [7, 11) is 1.30. The Labute approximate surface area is 115 Å². The van der Waals surface area contributed by atoms with Gasteiger partial charge in [-0.05, 0) is 18.2 Å². The van der Waals surface area contributed by atoms with Crippen molar-refractivity contribution in [2.75, 3.05) is 20.2 Å². The van der Waals surface area contributed by atoms with Crippen LogP contribution in [0, 0.1) is 0 Å². The average Bonchev–Trinajstić information content (AvgIpc) is 2.29. The van der Waals surface area contributed by atoms with Crippen LogP contribution in [-0.2, 0) is 6.18 Å². The zero-order chi connectivity index (χ0) is 14.6. The van der Waals surface area contributed by atoms with Gasteiger partial charge in [-0.2, -0.15) is 13.2 Å². The fourth-order valence-electron chi connectivity index (χ4n) is 1.24. The molecule has 8 heteroatoms. The van der Waals surface area contributed by atoms with Crippen LogP contribution in [0.4, 0.5) is 18.0 Å². The van der Waals surface area contributed by atoms with E-state index in [1.807, 2.05) is 0 Å². The largest absolute Gasteiger partial charge is 0.491 e. The highest BCUT2D eigenvalue weighted by Gasteiger charge is 2.34. The van der Waals surface area contributed by atoms with Gasteiger partial charge in [-0.3, -0.25) is 0 Å². The van der Waals surface area contributed by atoms with Crippen LogP contribution in [0.15, 0.2) is 22.7 Å². The van der Waals surface area contributed by atoms with Gasteiger partial charge < -0.3 is 14.7 Å². The summed E-state index contributed by atoms with van der Waals surface area (Å²) in [6.45, 7) is -0.184. The van der Waals surface area contributed by atoms with Crippen LogP contribution in [-0.4, -0.2) is 36.3 Å². The second kappa shape index (κ2) is 6.14. The lowest BCUT2D eigenvalue weighted by atomic mass is 10.2. The third-order valence-corrected chi connectivity index (χ3v) is 2.75. The molecule has 0 radical (unpaired) electrons. The number of halogens is 4. The van der Waals surface area contributed by atoms with Crippen molar-refractivity contribution in [2.45, 2.75) is 6.18 Å². The molecule has 1 aromatic rings. The van der Waals surface area contributed by atoms with Crippen molar-refractivity contribution in [3.05, 3.63) is 28.2 Å². The molecule has 0 saturated carbocycles. The summed E-state index contributed by atoms with van der Waals surface area (Å²) in [4.78, 5) is 11.4. The van der Waals surface area contributed by atoms with Gasteiger partial charge in [0.15, 0.2) is 0 Å². The van der Waals surface area contributed by atoms with E-state index in [0.29, 0.717) is 0 Å². The highest BCUT2D eigenvalue weighted by atomic mass is 79.9. The third-order valence-electron chi connectivity index (χ3n) is 2.26. The first kappa shape index (κ1) is 15.6. The minimum absolute atomic E-state index is 0.0251. The van der Waals surface area contributed by atoms with E-state index in [-0.39, 0.29) is 23.4 Å². The van der Waals surface area contributed by atoms with E-state index < -0.39 is 17.8 Å². The van der Waals surface area contributed by atoms with Gasteiger partial charge in [0, 0.05) is 11.5 Å². The number of carbonyl (C=O) groups is 1. The Morgan fingerprint density at radius 3 is 2.63 bits per heavy atom. The van der Waals surface area contributed by atoms with Crippen molar-refractivity contribution in [3.8, 4) is 5.75 Å². The minimum Gasteiger partial charge on any atom is -0.491 e. The number of alkyl halides is 3. The van der Waals surface area contributed by atoms with E-state index in [9.17, 15) is 18.0 Å². The molecule has 0 fully saturated rings. The van der Waals surface area contributed by atoms with E-state index in [4.69, 9.17) is 9.84 Å². The second-order valence-electron chi connectivity index (χ2n) is 3.69. The lowest BCUT2D eigenvalue weighted by Crippen LogP contribution is -2.29. The third kappa shape index (κ3) is 4.62. The Hall–Kier alpha value is -1.44. The minimum atomic E-state index is -4.53. The Kier molecular flexibility index (Phi) is 5.04. The van der Waals surface area contributed by atoms with Gasteiger partial charge in [-0.25, -0.2) is 4.79 Å². The van der Waals surface area contributed by atoms with Crippen molar-refractivity contribution in [3.63, 3.8) is 0 Å². The van der Waals surface area contributed by atoms with Crippen LogP contribution >= 0.6 is 15.9 Å². The molecule has 0 bridgehead atoms. The van der Waals surface area contributed by atoms with Gasteiger partial charge in [0.2, 0.25) is 0 Å². The Bertz CT molecular complexity index is 465. The van der Waals surface area contributed by atoms with Gasteiger partial charge >= 0.3 is 12.3 Å². The molecule has 4 nitrogen and oxygen atoms in total. The predicted molar refractivity (Wildman–Crippen MR) is 65.3 cm³/mol. The predicted octanol–water partition coefficient (Wildman–Crippen LogP) is 3.46. The van der Waals surface area contributed by atoms with E-state index in [2.05, 4.69) is 15.9 Å². The SMILES string of the molecule is CN(CCOc1ccc(Br)cc1C(F)(F)F)C(=O)O. The number of benzene rings is 1. The fraction of sp³-hybridized carbons (Fsp3) is 0.364. The molecule has 1 rings (SSSR count). The fourth-order valence-corrected chi connectivity index (χ4v) is 1.60. The van der Waals surface area contributed by atoms with Crippen molar-refractivity contribution in [1.29, 1.82) is 0 Å². The second-order valence-corrected chi connectivity index (χ2v) is 4.61. The van der Waals surface area contributed by atoms with E-state index in [1.54, 1.807) is 0 Å². The number of carboxylic acid groups (broad SMARTS) is 1. The highest BCUT2D eigenvalue weighted by Crippen LogP contribution is 2.37. The summed E-state index contributed by atoms with van der Waals surface area (Å²) in [5.41, 5.74) is -0.903.